The average Bonchev–Trinajstić information content (AvgIpc) is 3.23. The normalized spacial score (nSPS) is 16.8. The first-order chi connectivity index (χ1) is 12.1. The number of urea groups is 1. The van der Waals surface area contributed by atoms with Crippen LogP contribution in [0.5, 0.6) is 0 Å². The molecule has 2 aromatic rings. The predicted molar refractivity (Wildman–Crippen MR) is 97.1 cm³/mol. The topological polar surface area (TPSA) is 68.2 Å². The minimum atomic E-state index is -0.130. The Balaban J connectivity index is 1.42. The van der Waals surface area contributed by atoms with E-state index in [0.29, 0.717) is 13.1 Å². The minimum absolute atomic E-state index is 0.130. The van der Waals surface area contributed by atoms with Gasteiger partial charge in [0.15, 0.2) is 0 Å². The van der Waals surface area contributed by atoms with Gasteiger partial charge >= 0.3 is 6.03 Å². The third-order valence-electron chi connectivity index (χ3n) is 4.40. The molecule has 0 saturated carbocycles. The molecule has 2 N–H and O–H groups in total. The molecule has 1 saturated heterocycles. The molecule has 1 unspecified atom stereocenters. The fraction of sp³-hybridized carbons (Fsp3) is 0.474. The number of hydrogen-bond donors (Lipinski definition) is 2. The van der Waals surface area contributed by atoms with E-state index in [2.05, 4.69) is 46.1 Å². The van der Waals surface area contributed by atoms with E-state index in [1.54, 1.807) is 0 Å². The summed E-state index contributed by atoms with van der Waals surface area (Å²) in [6, 6.07) is 10.2. The van der Waals surface area contributed by atoms with Crippen molar-refractivity contribution in [2.24, 2.45) is 0 Å². The molecule has 134 valence electrons. The highest BCUT2D eigenvalue weighted by molar-refractivity contribution is 5.73. The van der Waals surface area contributed by atoms with E-state index in [1.807, 2.05) is 18.5 Å². The van der Waals surface area contributed by atoms with Crippen molar-refractivity contribution >= 4 is 6.03 Å². The second-order valence-corrected chi connectivity index (χ2v) is 6.53. The maximum absolute atomic E-state index is 11.8. The first-order valence-corrected chi connectivity index (χ1v) is 8.88. The number of aryl methyl sites for hydroxylation is 2. The zero-order chi connectivity index (χ0) is 17.6. The Kier molecular flexibility index (Phi) is 5.71. The standard InChI is InChI=1S/C19H26N4O2/c1-14-12-15(2)23(22-14)17-7-5-16(6-8-17)9-10-20-19(24)21-13-18-4-3-11-25-18/h5-8,12,18H,3-4,9-11,13H2,1-2H3,(H2,20,21,24). The number of rotatable bonds is 6. The van der Waals surface area contributed by atoms with Crippen molar-refractivity contribution in [2.75, 3.05) is 19.7 Å². The van der Waals surface area contributed by atoms with Gasteiger partial charge in [-0.2, -0.15) is 5.10 Å². The summed E-state index contributed by atoms with van der Waals surface area (Å²) in [6.07, 6.45) is 3.08. The predicted octanol–water partition coefficient (Wildman–Crippen LogP) is 2.51. The molecule has 1 aliphatic rings. The summed E-state index contributed by atoms with van der Waals surface area (Å²) in [5, 5.41) is 10.2. The summed E-state index contributed by atoms with van der Waals surface area (Å²) in [5.41, 5.74) is 4.37. The Morgan fingerprint density at radius 1 is 1.28 bits per heavy atom. The zero-order valence-corrected chi connectivity index (χ0v) is 14.9. The first kappa shape index (κ1) is 17.5. The van der Waals surface area contributed by atoms with E-state index < -0.39 is 0 Å². The molecule has 1 aromatic heterocycles. The van der Waals surface area contributed by atoms with Crippen LogP contribution in [0.1, 0.15) is 29.8 Å². The van der Waals surface area contributed by atoms with E-state index in [4.69, 9.17) is 4.74 Å². The summed E-state index contributed by atoms with van der Waals surface area (Å²) in [7, 11) is 0. The van der Waals surface area contributed by atoms with Crippen LogP contribution in [-0.2, 0) is 11.2 Å². The van der Waals surface area contributed by atoms with Crippen molar-refractivity contribution in [2.45, 2.75) is 39.2 Å². The van der Waals surface area contributed by atoms with Crippen LogP contribution in [0.3, 0.4) is 0 Å². The lowest BCUT2D eigenvalue weighted by molar-refractivity contribution is 0.111. The van der Waals surface area contributed by atoms with Gasteiger partial charge in [0.25, 0.3) is 0 Å². The number of amides is 2. The van der Waals surface area contributed by atoms with Crippen molar-refractivity contribution < 1.29 is 9.53 Å². The SMILES string of the molecule is Cc1cc(C)n(-c2ccc(CCNC(=O)NCC3CCCO3)cc2)n1. The fourth-order valence-corrected chi connectivity index (χ4v) is 3.09. The second kappa shape index (κ2) is 8.16. The molecule has 2 amide bonds. The fourth-order valence-electron chi connectivity index (χ4n) is 3.09. The van der Waals surface area contributed by atoms with Gasteiger partial charge in [-0.05, 0) is 56.9 Å². The van der Waals surface area contributed by atoms with Crippen molar-refractivity contribution in [1.82, 2.24) is 20.4 Å². The van der Waals surface area contributed by atoms with Crippen molar-refractivity contribution in [3.8, 4) is 5.69 Å². The number of ether oxygens (including phenoxy) is 1. The van der Waals surface area contributed by atoms with Crippen LogP contribution in [0.15, 0.2) is 30.3 Å². The molecule has 1 aromatic carbocycles. The van der Waals surface area contributed by atoms with Gasteiger partial charge in [-0.25, -0.2) is 9.48 Å². The van der Waals surface area contributed by atoms with Crippen LogP contribution in [0.2, 0.25) is 0 Å². The summed E-state index contributed by atoms with van der Waals surface area (Å²) in [6.45, 7) is 6.04. The molecular formula is C19H26N4O2. The van der Waals surface area contributed by atoms with Gasteiger partial charge in [0.2, 0.25) is 0 Å². The van der Waals surface area contributed by atoms with Gasteiger partial charge < -0.3 is 15.4 Å². The van der Waals surface area contributed by atoms with Crippen molar-refractivity contribution in [3.05, 3.63) is 47.3 Å². The zero-order valence-electron chi connectivity index (χ0n) is 14.9. The molecule has 3 rings (SSSR count). The maximum Gasteiger partial charge on any atom is 0.314 e. The number of aromatic nitrogens is 2. The smallest absolute Gasteiger partial charge is 0.314 e. The van der Waals surface area contributed by atoms with Crippen molar-refractivity contribution in [3.63, 3.8) is 0 Å². The van der Waals surface area contributed by atoms with Gasteiger partial charge in [0, 0.05) is 25.4 Å². The summed E-state index contributed by atoms with van der Waals surface area (Å²) in [5.74, 6) is 0. The van der Waals surface area contributed by atoms with E-state index >= 15 is 0 Å². The Labute approximate surface area is 148 Å². The average molecular weight is 342 g/mol. The minimum Gasteiger partial charge on any atom is -0.376 e. The molecule has 25 heavy (non-hydrogen) atoms. The van der Waals surface area contributed by atoms with E-state index in [0.717, 1.165) is 42.9 Å². The lowest BCUT2D eigenvalue weighted by Gasteiger charge is -2.12. The molecule has 0 bridgehead atoms. The Morgan fingerprint density at radius 2 is 2.08 bits per heavy atom. The quantitative estimate of drug-likeness (QED) is 0.847. The number of nitrogens with zero attached hydrogens (tertiary/aromatic N) is 2. The van der Waals surface area contributed by atoms with Gasteiger partial charge in [-0.3, -0.25) is 0 Å². The molecule has 1 aliphatic heterocycles. The van der Waals surface area contributed by atoms with Crippen LogP contribution in [0.25, 0.3) is 5.69 Å². The first-order valence-electron chi connectivity index (χ1n) is 8.88. The molecule has 6 nitrogen and oxygen atoms in total. The molecule has 6 heteroatoms. The lowest BCUT2D eigenvalue weighted by Crippen LogP contribution is -2.40. The molecule has 0 spiro atoms. The highest BCUT2D eigenvalue weighted by Gasteiger charge is 2.15. The summed E-state index contributed by atoms with van der Waals surface area (Å²) in [4.78, 5) is 11.8. The Morgan fingerprint density at radius 3 is 2.72 bits per heavy atom. The summed E-state index contributed by atoms with van der Waals surface area (Å²) < 4.78 is 7.43. The van der Waals surface area contributed by atoms with Crippen LogP contribution >= 0.6 is 0 Å². The Bertz CT molecular complexity index is 703. The van der Waals surface area contributed by atoms with Gasteiger partial charge in [0.1, 0.15) is 0 Å². The summed E-state index contributed by atoms with van der Waals surface area (Å²) >= 11 is 0. The van der Waals surface area contributed by atoms with Crippen LogP contribution < -0.4 is 10.6 Å². The number of carbonyl (C=O) groups is 1. The largest absolute Gasteiger partial charge is 0.376 e. The number of nitrogens with one attached hydrogen (secondary N) is 2. The van der Waals surface area contributed by atoms with Crippen molar-refractivity contribution in [1.29, 1.82) is 0 Å². The lowest BCUT2D eigenvalue weighted by atomic mass is 10.1. The molecule has 1 fully saturated rings. The number of benzene rings is 1. The third-order valence-corrected chi connectivity index (χ3v) is 4.40. The second-order valence-electron chi connectivity index (χ2n) is 6.53. The maximum atomic E-state index is 11.8. The number of hydrogen-bond acceptors (Lipinski definition) is 3. The van der Waals surface area contributed by atoms with Crippen LogP contribution in [0, 0.1) is 13.8 Å². The molecule has 0 radical (unpaired) electrons. The van der Waals surface area contributed by atoms with E-state index in [1.165, 1.54) is 5.56 Å². The van der Waals surface area contributed by atoms with Gasteiger partial charge in [-0.15, -0.1) is 0 Å². The molecule has 1 atom stereocenters. The molecular weight excluding hydrogens is 316 g/mol. The van der Waals surface area contributed by atoms with Gasteiger partial charge in [0.05, 0.1) is 17.5 Å². The van der Waals surface area contributed by atoms with E-state index in [-0.39, 0.29) is 12.1 Å². The molecule has 2 heterocycles. The highest BCUT2D eigenvalue weighted by Crippen LogP contribution is 2.13. The third kappa shape index (κ3) is 4.82. The Hall–Kier alpha value is -2.34. The van der Waals surface area contributed by atoms with Crippen LogP contribution in [0.4, 0.5) is 4.79 Å². The number of carbonyl (C=O) groups excluding carboxylic acids is 1. The van der Waals surface area contributed by atoms with E-state index in [9.17, 15) is 4.79 Å². The van der Waals surface area contributed by atoms with Gasteiger partial charge in [-0.1, -0.05) is 12.1 Å². The van der Waals surface area contributed by atoms with Crippen LogP contribution in [-0.4, -0.2) is 41.6 Å². The highest BCUT2D eigenvalue weighted by atomic mass is 16.5. The molecule has 0 aliphatic carbocycles. The monoisotopic (exact) mass is 342 g/mol.